The van der Waals surface area contributed by atoms with Crippen molar-refractivity contribution in [1.82, 2.24) is 5.32 Å². The fourth-order valence-corrected chi connectivity index (χ4v) is 1.84. The van der Waals surface area contributed by atoms with Gasteiger partial charge in [-0.2, -0.15) is 0 Å². The molecular weight excluding hydrogens is 240 g/mol. The molecule has 0 radical (unpaired) electrons. The molecule has 4 heteroatoms. The summed E-state index contributed by atoms with van der Waals surface area (Å²) in [5, 5.41) is 3.40. The summed E-state index contributed by atoms with van der Waals surface area (Å²) in [6, 6.07) is 5.87. The Hall–Kier alpha value is -1.26. The second-order valence-corrected chi connectivity index (χ2v) is 5.42. The van der Waals surface area contributed by atoms with E-state index < -0.39 is 0 Å². The molecule has 0 amide bonds. The number of hydrogen-bond acceptors (Lipinski definition) is 4. The molecule has 1 aromatic carbocycles. The molecule has 0 atom stereocenters. The predicted octanol–water partition coefficient (Wildman–Crippen LogP) is 1.96. The number of nitrogens with two attached hydrogens (primary N) is 1. The van der Waals surface area contributed by atoms with Crippen LogP contribution in [-0.4, -0.2) is 32.8 Å². The minimum Gasteiger partial charge on any atom is -0.497 e. The van der Waals surface area contributed by atoms with E-state index in [1.165, 1.54) is 0 Å². The van der Waals surface area contributed by atoms with E-state index in [0.717, 1.165) is 43.0 Å². The zero-order valence-corrected chi connectivity index (χ0v) is 12.5. The smallest absolute Gasteiger partial charge is 0.122 e. The largest absolute Gasteiger partial charge is 0.497 e. The molecule has 0 aliphatic heterocycles. The summed E-state index contributed by atoms with van der Waals surface area (Å²) in [5.41, 5.74) is 6.98. The van der Waals surface area contributed by atoms with Crippen LogP contribution in [0.1, 0.15) is 25.8 Å². The van der Waals surface area contributed by atoms with E-state index in [-0.39, 0.29) is 5.54 Å². The van der Waals surface area contributed by atoms with E-state index in [0.29, 0.717) is 0 Å². The molecule has 0 aliphatic carbocycles. The van der Waals surface area contributed by atoms with Gasteiger partial charge >= 0.3 is 0 Å². The van der Waals surface area contributed by atoms with Crippen molar-refractivity contribution in [3.05, 3.63) is 23.8 Å². The lowest BCUT2D eigenvalue weighted by Gasteiger charge is -2.18. The molecule has 19 heavy (non-hydrogen) atoms. The van der Waals surface area contributed by atoms with Crippen molar-refractivity contribution in [1.29, 1.82) is 0 Å². The van der Waals surface area contributed by atoms with Crippen molar-refractivity contribution in [3.8, 4) is 11.5 Å². The standard InChI is InChI=1S/C15H26N2O2/c1-15(2,16)8-10-17-9-7-12-11-13(18-3)5-6-14(12)19-4/h5-6,11,17H,7-10,16H2,1-4H3. The van der Waals surface area contributed by atoms with Gasteiger partial charge < -0.3 is 20.5 Å². The number of nitrogens with one attached hydrogen (secondary N) is 1. The average Bonchev–Trinajstić information content (AvgIpc) is 2.36. The minimum atomic E-state index is -0.110. The Kier molecular flexibility index (Phi) is 6.12. The molecule has 0 unspecified atom stereocenters. The summed E-state index contributed by atoms with van der Waals surface area (Å²) in [6.07, 6.45) is 1.87. The molecule has 0 heterocycles. The lowest BCUT2D eigenvalue weighted by Crippen LogP contribution is -2.36. The molecule has 0 aliphatic rings. The number of ether oxygens (including phenoxy) is 2. The molecular formula is C15H26N2O2. The van der Waals surface area contributed by atoms with Gasteiger partial charge in [0.2, 0.25) is 0 Å². The van der Waals surface area contributed by atoms with Gasteiger partial charge in [-0.15, -0.1) is 0 Å². The highest BCUT2D eigenvalue weighted by atomic mass is 16.5. The van der Waals surface area contributed by atoms with Crippen molar-refractivity contribution in [3.63, 3.8) is 0 Å². The molecule has 0 aromatic heterocycles. The van der Waals surface area contributed by atoms with Gasteiger partial charge in [0.15, 0.2) is 0 Å². The predicted molar refractivity (Wildman–Crippen MR) is 79.0 cm³/mol. The molecule has 3 N–H and O–H groups in total. The summed E-state index contributed by atoms with van der Waals surface area (Å²) in [7, 11) is 3.36. The number of benzene rings is 1. The molecule has 4 nitrogen and oxygen atoms in total. The molecule has 0 spiro atoms. The van der Waals surface area contributed by atoms with Crippen molar-refractivity contribution in [2.75, 3.05) is 27.3 Å². The summed E-state index contributed by atoms with van der Waals surface area (Å²) in [4.78, 5) is 0. The van der Waals surface area contributed by atoms with Crippen LogP contribution in [0.2, 0.25) is 0 Å². The first-order chi connectivity index (χ1) is 8.96. The Bertz CT molecular complexity index is 386. The second kappa shape index (κ2) is 7.36. The van der Waals surface area contributed by atoms with Gasteiger partial charge in [-0.3, -0.25) is 0 Å². The number of methoxy groups -OCH3 is 2. The van der Waals surface area contributed by atoms with Crippen molar-refractivity contribution < 1.29 is 9.47 Å². The molecule has 1 aromatic rings. The van der Waals surface area contributed by atoms with Crippen LogP contribution in [0.15, 0.2) is 18.2 Å². The summed E-state index contributed by atoms with van der Waals surface area (Å²) >= 11 is 0. The number of rotatable bonds is 8. The summed E-state index contributed by atoms with van der Waals surface area (Å²) in [5.74, 6) is 1.76. The molecule has 0 saturated carbocycles. The first kappa shape index (κ1) is 15.8. The van der Waals surface area contributed by atoms with Crippen LogP contribution in [0, 0.1) is 0 Å². The summed E-state index contributed by atoms with van der Waals surface area (Å²) in [6.45, 7) is 5.91. The maximum Gasteiger partial charge on any atom is 0.122 e. The van der Waals surface area contributed by atoms with Crippen LogP contribution >= 0.6 is 0 Å². The Labute approximate surface area is 116 Å². The first-order valence-electron chi connectivity index (χ1n) is 6.67. The van der Waals surface area contributed by atoms with Gasteiger partial charge in [0.1, 0.15) is 11.5 Å². The fourth-order valence-electron chi connectivity index (χ4n) is 1.84. The van der Waals surface area contributed by atoms with Gasteiger partial charge in [0.05, 0.1) is 14.2 Å². The highest BCUT2D eigenvalue weighted by Gasteiger charge is 2.09. The van der Waals surface area contributed by atoms with Gasteiger partial charge in [-0.05, 0) is 63.5 Å². The molecule has 0 saturated heterocycles. The zero-order valence-electron chi connectivity index (χ0n) is 12.5. The molecule has 108 valence electrons. The van der Waals surface area contributed by atoms with E-state index in [4.69, 9.17) is 15.2 Å². The van der Waals surface area contributed by atoms with E-state index in [1.54, 1.807) is 14.2 Å². The van der Waals surface area contributed by atoms with Crippen LogP contribution in [-0.2, 0) is 6.42 Å². The van der Waals surface area contributed by atoms with Gasteiger partial charge in [0.25, 0.3) is 0 Å². The quantitative estimate of drug-likeness (QED) is 0.706. The topological polar surface area (TPSA) is 56.5 Å². The van der Waals surface area contributed by atoms with Gasteiger partial charge in [-0.25, -0.2) is 0 Å². The van der Waals surface area contributed by atoms with Crippen molar-refractivity contribution in [2.45, 2.75) is 32.2 Å². The molecule has 0 fully saturated rings. The van der Waals surface area contributed by atoms with Gasteiger partial charge in [-0.1, -0.05) is 0 Å². The Balaban J connectivity index is 2.43. The first-order valence-corrected chi connectivity index (χ1v) is 6.67. The molecule has 0 bridgehead atoms. The third-order valence-corrected chi connectivity index (χ3v) is 3.00. The van der Waals surface area contributed by atoms with Crippen LogP contribution < -0.4 is 20.5 Å². The van der Waals surface area contributed by atoms with Crippen LogP contribution in [0.25, 0.3) is 0 Å². The third-order valence-electron chi connectivity index (χ3n) is 3.00. The van der Waals surface area contributed by atoms with Crippen molar-refractivity contribution in [2.24, 2.45) is 5.73 Å². The van der Waals surface area contributed by atoms with Crippen LogP contribution in [0.4, 0.5) is 0 Å². The normalized spacial score (nSPS) is 11.4. The second-order valence-electron chi connectivity index (χ2n) is 5.42. The van der Waals surface area contributed by atoms with E-state index in [9.17, 15) is 0 Å². The molecule has 1 rings (SSSR count). The summed E-state index contributed by atoms with van der Waals surface area (Å²) < 4.78 is 10.6. The van der Waals surface area contributed by atoms with E-state index in [2.05, 4.69) is 5.32 Å². The highest BCUT2D eigenvalue weighted by Crippen LogP contribution is 2.24. The Morgan fingerprint density at radius 1 is 1.16 bits per heavy atom. The van der Waals surface area contributed by atoms with Gasteiger partial charge in [0, 0.05) is 5.54 Å². The Morgan fingerprint density at radius 3 is 2.47 bits per heavy atom. The van der Waals surface area contributed by atoms with E-state index in [1.807, 2.05) is 32.0 Å². The fraction of sp³-hybridized carbons (Fsp3) is 0.600. The van der Waals surface area contributed by atoms with Crippen LogP contribution in [0.5, 0.6) is 11.5 Å². The van der Waals surface area contributed by atoms with E-state index >= 15 is 0 Å². The minimum absolute atomic E-state index is 0.110. The third kappa shape index (κ3) is 5.94. The maximum atomic E-state index is 5.94. The van der Waals surface area contributed by atoms with Crippen LogP contribution in [0.3, 0.4) is 0 Å². The highest BCUT2D eigenvalue weighted by molar-refractivity contribution is 5.40. The maximum absolute atomic E-state index is 5.94. The monoisotopic (exact) mass is 266 g/mol. The average molecular weight is 266 g/mol. The van der Waals surface area contributed by atoms with Crippen molar-refractivity contribution >= 4 is 0 Å². The lowest BCUT2D eigenvalue weighted by atomic mass is 10.0. The SMILES string of the molecule is COc1ccc(OC)c(CCNCCC(C)(C)N)c1. The lowest BCUT2D eigenvalue weighted by molar-refractivity contribution is 0.398. The zero-order chi connectivity index (χ0) is 14.3. The Morgan fingerprint density at radius 2 is 1.89 bits per heavy atom. The number of hydrogen-bond donors (Lipinski definition) is 2.